The van der Waals surface area contributed by atoms with E-state index in [1.165, 1.54) is 17.6 Å². The summed E-state index contributed by atoms with van der Waals surface area (Å²) >= 11 is 0. The summed E-state index contributed by atoms with van der Waals surface area (Å²) in [6, 6.07) is 3.66. The van der Waals surface area contributed by atoms with Crippen LogP contribution in [0, 0.1) is 17.7 Å². The van der Waals surface area contributed by atoms with Gasteiger partial charge in [0.15, 0.2) is 0 Å². The molecule has 27 heavy (non-hydrogen) atoms. The summed E-state index contributed by atoms with van der Waals surface area (Å²) in [7, 11) is -3.73. The van der Waals surface area contributed by atoms with Crippen molar-refractivity contribution in [1.29, 1.82) is 0 Å². The van der Waals surface area contributed by atoms with Crippen molar-refractivity contribution in [2.24, 2.45) is 11.8 Å². The van der Waals surface area contributed by atoms with Crippen molar-refractivity contribution in [1.82, 2.24) is 5.73 Å². The number of nitrogens with one attached hydrogen (secondary N) is 1. The molecule has 2 nitrogen and oxygen atoms in total. The number of amides is 1. The van der Waals surface area contributed by atoms with Gasteiger partial charge in [0.1, 0.15) is 5.82 Å². The van der Waals surface area contributed by atoms with Gasteiger partial charge in [0.25, 0.3) is 0 Å². The lowest BCUT2D eigenvalue weighted by atomic mass is 9.71. The minimum Gasteiger partial charge on any atom is -0.273 e. The van der Waals surface area contributed by atoms with Crippen LogP contribution in [0.4, 0.5) is 4.39 Å². The molecule has 1 radical (unpaired) electrons. The van der Waals surface area contributed by atoms with Gasteiger partial charge in [-0.2, -0.15) is 0 Å². The minimum absolute atomic E-state index is 0.112. The maximum Gasteiger partial charge on any atom is 0.242 e. The number of fused-ring (bicyclic) bond motifs is 6. The second-order valence-electron chi connectivity index (χ2n) is 10.6. The Bertz CT molecular complexity index is 936. The smallest absolute Gasteiger partial charge is 0.242 e. The predicted octanol–water partition coefficient (Wildman–Crippen LogP) is 5.05. The molecule has 4 atom stereocenters. The van der Waals surface area contributed by atoms with E-state index in [0.717, 1.165) is 24.0 Å². The summed E-state index contributed by atoms with van der Waals surface area (Å²) in [6.07, 6.45) is 6.24. The molecule has 0 aromatic heterocycles. The Labute approximate surface area is 163 Å². The van der Waals surface area contributed by atoms with E-state index in [2.05, 4.69) is 39.2 Å². The largest absolute Gasteiger partial charge is 0.273 e. The first-order valence-electron chi connectivity index (χ1n) is 10.3. The fourth-order valence-electron chi connectivity index (χ4n) is 8.66. The van der Waals surface area contributed by atoms with Crippen LogP contribution in [0.5, 0.6) is 0 Å². The zero-order valence-corrected chi connectivity index (χ0v) is 19.0. The van der Waals surface area contributed by atoms with E-state index in [9.17, 15) is 9.18 Å². The van der Waals surface area contributed by atoms with E-state index in [1.54, 1.807) is 6.07 Å². The molecule has 3 fully saturated rings. The number of carbonyl (C=O) groups is 1. The van der Waals surface area contributed by atoms with Gasteiger partial charge in [-0.05, 0) is 67.2 Å². The van der Waals surface area contributed by atoms with Gasteiger partial charge < -0.3 is 0 Å². The second-order valence-corrected chi connectivity index (χ2v) is 26.1. The molecule has 4 aliphatic rings. The molecule has 1 aromatic carbocycles. The van der Waals surface area contributed by atoms with Crippen LogP contribution in [0.3, 0.4) is 0 Å². The van der Waals surface area contributed by atoms with Gasteiger partial charge in [-0.1, -0.05) is 43.9 Å². The van der Waals surface area contributed by atoms with Crippen molar-refractivity contribution in [2.45, 2.75) is 68.9 Å². The molecule has 5 heteroatoms. The van der Waals surface area contributed by atoms with E-state index in [0.29, 0.717) is 18.3 Å². The summed E-state index contributed by atoms with van der Waals surface area (Å²) in [5, 5.41) is -0.606. The monoisotopic (exact) mass is 398 g/mol. The Hall–Kier alpha value is -1.21. The summed E-state index contributed by atoms with van der Waals surface area (Å²) in [4.78, 5) is 13.2. The molecule has 2 saturated carbocycles. The van der Waals surface area contributed by atoms with Crippen LogP contribution in [0.2, 0.25) is 31.2 Å². The first kappa shape index (κ1) is 17.9. The molecule has 1 aromatic rings. The van der Waals surface area contributed by atoms with Crippen LogP contribution >= 0.6 is 0 Å². The van der Waals surface area contributed by atoms with Crippen LogP contribution in [0.1, 0.15) is 42.9 Å². The first-order valence-corrected chi connectivity index (χ1v) is 17.3. The van der Waals surface area contributed by atoms with E-state index in [-0.39, 0.29) is 16.8 Å². The lowest BCUT2D eigenvalue weighted by Gasteiger charge is -2.78. The van der Waals surface area contributed by atoms with Crippen molar-refractivity contribution in [3.63, 3.8) is 0 Å². The van der Waals surface area contributed by atoms with Crippen LogP contribution in [-0.4, -0.2) is 21.1 Å². The number of carbonyl (C=O) groups excluding carboxylic acids is 1. The van der Waals surface area contributed by atoms with Crippen LogP contribution in [-0.2, 0) is 16.3 Å². The molecule has 143 valence electrons. The van der Waals surface area contributed by atoms with E-state index in [1.807, 2.05) is 6.07 Å². The Morgan fingerprint density at radius 1 is 1.15 bits per heavy atom. The molecule has 1 amide bonds. The molecular formula is C22H29FNOSi2. The fourth-order valence-corrected chi connectivity index (χ4v) is 27.4. The Morgan fingerprint density at radius 2 is 1.81 bits per heavy atom. The Morgan fingerprint density at radius 3 is 2.48 bits per heavy atom. The molecule has 4 unspecified atom stereocenters. The van der Waals surface area contributed by atoms with Crippen molar-refractivity contribution >= 4 is 27.2 Å². The second kappa shape index (κ2) is 4.85. The molecule has 2 bridgehead atoms. The van der Waals surface area contributed by atoms with Gasteiger partial charge in [-0.15, -0.1) is 0 Å². The van der Waals surface area contributed by atoms with Gasteiger partial charge in [0.2, 0.25) is 5.91 Å². The molecule has 1 heterocycles. The van der Waals surface area contributed by atoms with E-state index >= 15 is 0 Å². The molecule has 3 aliphatic carbocycles. The summed E-state index contributed by atoms with van der Waals surface area (Å²) < 4.78 is 14.6. The maximum atomic E-state index is 14.6. The highest BCUT2D eigenvalue weighted by Gasteiger charge is 2.91. The van der Waals surface area contributed by atoms with Gasteiger partial charge in [-0.3, -0.25) is 10.5 Å². The summed E-state index contributed by atoms with van der Waals surface area (Å²) in [6.45, 7) is 11.8. The van der Waals surface area contributed by atoms with Crippen molar-refractivity contribution in [2.75, 3.05) is 0 Å². The van der Waals surface area contributed by atoms with Gasteiger partial charge in [0, 0.05) is 5.04 Å². The average molecular weight is 399 g/mol. The zero-order valence-electron chi connectivity index (χ0n) is 17.0. The molecule has 1 aliphatic heterocycles. The van der Waals surface area contributed by atoms with Crippen LogP contribution in [0.25, 0.3) is 6.08 Å². The summed E-state index contributed by atoms with van der Waals surface area (Å²) in [5.41, 5.74) is 12.9. The number of hydrogen-bond acceptors (Lipinski definition) is 1. The third-order valence-corrected chi connectivity index (χ3v) is 30.9. The quantitative estimate of drug-likeness (QED) is 0.643. The summed E-state index contributed by atoms with van der Waals surface area (Å²) in [5.74, 6) is 0.471. The van der Waals surface area contributed by atoms with Gasteiger partial charge in [0.05, 0.1) is 20.2 Å². The maximum absolute atomic E-state index is 14.6. The zero-order chi connectivity index (χ0) is 19.6. The topological polar surface area (TPSA) is 40.9 Å². The SMILES string of the molecule is CC1=Cc2c(C34C5CCC(C5)C3(C([NH])=O)[Si](C)(C)[Si]4(C)C)ccc(F)c2C1. The lowest BCUT2D eigenvalue weighted by Crippen LogP contribution is -2.91. The van der Waals surface area contributed by atoms with Crippen molar-refractivity contribution in [3.05, 3.63) is 40.2 Å². The Kier molecular flexibility index (Phi) is 3.21. The predicted molar refractivity (Wildman–Crippen MR) is 112 cm³/mol. The number of benzene rings is 1. The number of rotatable bonds is 2. The van der Waals surface area contributed by atoms with Crippen molar-refractivity contribution < 1.29 is 9.18 Å². The minimum atomic E-state index is -1.91. The van der Waals surface area contributed by atoms with Crippen LogP contribution in [0.15, 0.2) is 17.7 Å². The highest BCUT2D eigenvalue weighted by atomic mass is 29.3. The first-order chi connectivity index (χ1) is 12.5. The molecule has 0 spiro atoms. The standard InChI is InChI=1S/C22H29FNOSi2/c1-13-10-16-17(11-13)19(23)9-8-18(16)21-14-6-7-15(12-14)22(21,20(24)25)27(4,5)26(21,2)3/h8-10,14-15,24H,6-7,11-12H2,1-5H3. The third-order valence-electron chi connectivity index (χ3n) is 9.74. The highest BCUT2D eigenvalue weighted by Crippen LogP contribution is 2.85. The average Bonchev–Trinajstić information content (AvgIpc) is 3.26. The number of halogens is 1. The molecule has 5 rings (SSSR count). The highest BCUT2D eigenvalue weighted by molar-refractivity contribution is 7.48. The Balaban J connectivity index is 1.89. The van der Waals surface area contributed by atoms with E-state index < -0.39 is 20.2 Å². The number of allylic oxidation sites excluding steroid dienone is 1. The normalized spacial score (nSPS) is 39.6. The fraction of sp³-hybridized carbons (Fsp3) is 0.591. The molecular weight excluding hydrogens is 369 g/mol. The van der Waals surface area contributed by atoms with E-state index in [4.69, 9.17) is 5.73 Å². The van der Waals surface area contributed by atoms with Gasteiger partial charge >= 0.3 is 0 Å². The van der Waals surface area contributed by atoms with Gasteiger partial charge in [-0.25, -0.2) is 4.39 Å². The molecule has 1 N–H and O–H groups in total. The number of hydrogen-bond donors (Lipinski definition) is 0. The third kappa shape index (κ3) is 1.50. The molecule has 1 saturated heterocycles. The van der Waals surface area contributed by atoms with Crippen molar-refractivity contribution in [3.8, 4) is 0 Å². The lowest BCUT2D eigenvalue weighted by molar-refractivity contribution is -0.125. The van der Waals surface area contributed by atoms with Crippen LogP contribution < -0.4 is 5.73 Å².